The summed E-state index contributed by atoms with van der Waals surface area (Å²) in [6.45, 7) is 0. The highest BCUT2D eigenvalue weighted by molar-refractivity contribution is 6.02. The van der Waals surface area contributed by atoms with Crippen LogP contribution in [-0.2, 0) is 11.2 Å². The quantitative estimate of drug-likeness (QED) is 0.921. The smallest absolute Gasteiger partial charge is 0.337 e. The Bertz CT molecular complexity index is 679. The molecular weight excluding hydrogens is 282 g/mol. The molecule has 0 aliphatic heterocycles. The van der Waals surface area contributed by atoms with Crippen LogP contribution >= 0.6 is 0 Å². The van der Waals surface area contributed by atoms with Crippen molar-refractivity contribution in [2.45, 2.75) is 6.42 Å². The standard InChI is InChI=1S/C17H17NO4/c1-18(15-6-4-3-5-14(15)17(20)21)16(19)11-12-7-9-13(22-2)10-8-12/h3-10H,11H2,1-2H3,(H,20,21). The number of hydrogen-bond acceptors (Lipinski definition) is 3. The van der Waals surface area contributed by atoms with Gasteiger partial charge in [0.05, 0.1) is 24.8 Å². The molecule has 0 aliphatic rings. The molecule has 0 saturated carbocycles. The topological polar surface area (TPSA) is 66.8 Å². The first-order valence-corrected chi connectivity index (χ1v) is 6.74. The Morgan fingerprint density at radius 3 is 2.32 bits per heavy atom. The molecule has 114 valence electrons. The third kappa shape index (κ3) is 3.44. The predicted octanol–water partition coefficient (Wildman–Crippen LogP) is 2.60. The number of carbonyl (C=O) groups excluding carboxylic acids is 1. The molecule has 1 amide bonds. The van der Waals surface area contributed by atoms with Crippen LogP contribution in [0, 0.1) is 0 Å². The fraction of sp³-hybridized carbons (Fsp3) is 0.176. The van der Waals surface area contributed by atoms with Gasteiger partial charge >= 0.3 is 5.97 Å². The fourth-order valence-corrected chi connectivity index (χ4v) is 2.12. The Morgan fingerprint density at radius 2 is 1.73 bits per heavy atom. The van der Waals surface area contributed by atoms with Crippen LogP contribution in [0.1, 0.15) is 15.9 Å². The molecular formula is C17H17NO4. The highest BCUT2D eigenvalue weighted by Crippen LogP contribution is 2.20. The zero-order valence-corrected chi connectivity index (χ0v) is 12.4. The summed E-state index contributed by atoms with van der Waals surface area (Å²) < 4.78 is 5.07. The molecule has 0 aromatic heterocycles. The number of ether oxygens (including phenoxy) is 1. The van der Waals surface area contributed by atoms with Crippen molar-refractivity contribution in [2.24, 2.45) is 0 Å². The fourth-order valence-electron chi connectivity index (χ4n) is 2.12. The van der Waals surface area contributed by atoms with Gasteiger partial charge in [0, 0.05) is 7.05 Å². The molecule has 0 bridgehead atoms. The van der Waals surface area contributed by atoms with Gasteiger partial charge in [0.15, 0.2) is 0 Å². The molecule has 22 heavy (non-hydrogen) atoms. The van der Waals surface area contributed by atoms with E-state index in [1.165, 1.54) is 11.0 Å². The molecule has 2 aromatic rings. The van der Waals surface area contributed by atoms with Crippen molar-refractivity contribution < 1.29 is 19.4 Å². The van der Waals surface area contributed by atoms with E-state index in [1.54, 1.807) is 44.5 Å². The number of para-hydroxylation sites is 1. The second kappa shape index (κ2) is 6.76. The number of aromatic carboxylic acids is 1. The van der Waals surface area contributed by atoms with E-state index in [0.29, 0.717) is 5.69 Å². The van der Waals surface area contributed by atoms with E-state index in [4.69, 9.17) is 4.74 Å². The summed E-state index contributed by atoms with van der Waals surface area (Å²) >= 11 is 0. The molecule has 0 atom stereocenters. The highest BCUT2D eigenvalue weighted by Gasteiger charge is 2.17. The van der Waals surface area contributed by atoms with Gasteiger partial charge in [-0.3, -0.25) is 4.79 Å². The normalized spacial score (nSPS) is 10.1. The number of methoxy groups -OCH3 is 1. The number of rotatable bonds is 5. The van der Waals surface area contributed by atoms with Gasteiger partial charge in [0.1, 0.15) is 5.75 Å². The van der Waals surface area contributed by atoms with Crippen LogP contribution in [0.4, 0.5) is 5.69 Å². The maximum atomic E-state index is 12.3. The first-order chi connectivity index (χ1) is 10.5. The Kier molecular flexibility index (Phi) is 4.78. The zero-order valence-electron chi connectivity index (χ0n) is 12.4. The van der Waals surface area contributed by atoms with Crippen molar-refractivity contribution in [3.63, 3.8) is 0 Å². The van der Waals surface area contributed by atoms with E-state index >= 15 is 0 Å². The first-order valence-electron chi connectivity index (χ1n) is 6.74. The molecule has 0 fully saturated rings. The molecule has 0 unspecified atom stereocenters. The van der Waals surface area contributed by atoms with E-state index in [9.17, 15) is 14.7 Å². The summed E-state index contributed by atoms with van der Waals surface area (Å²) in [5.41, 5.74) is 1.33. The van der Waals surface area contributed by atoms with E-state index in [1.807, 2.05) is 12.1 Å². The largest absolute Gasteiger partial charge is 0.497 e. The van der Waals surface area contributed by atoms with Gasteiger partial charge in [0.2, 0.25) is 5.91 Å². The Labute approximate surface area is 128 Å². The third-order valence-corrected chi connectivity index (χ3v) is 3.38. The van der Waals surface area contributed by atoms with Crippen molar-refractivity contribution in [2.75, 3.05) is 19.1 Å². The Morgan fingerprint density at radius 1 is 1.09 bits per heavy atom. The lowest BCUT2D eigenvalue weighted by Crippen LogP contribution is -2.29. The van der Waals surface area contributed by atoms with Crippen molar-refractivity contribution >= 4 is 17.6 Å². The number of anilines is 1. The lowest BCUT2D eigenvalue weighted by Gasteiger charge is -2.19. The number of carboxylic acid groups (broad SMARTS) is 1. The summed E-state index contributed by atoms with van der Waals surface area (Å²) in [5, 5.41) is 9.19. The number of likely N-dealkylation sites (N-methyl/N-ethyl adjacent to an activating group) is 1. The highest BCUT2D eigenvalue weighted by atomic mass is 16.5. The molecule has 0 saturated heterocycles. The Hall–Kier alpha value is -2.82. The molecule has 0 radical (unpaired) electrons. The summed E-state index contributed by atoms with van der Waals surface area (Å²) in [6.07, 6.45) is 0.189. The van der Waals surface area contributed by atoms with Crippen LogP contribution in [0.3, 0.4) is 0 Å². The summed E-state index contributed by atoms with van der Waals surface area (Å²) in [4.78, 5) is 24.9. The van der Waals surface area contributed by atoms with Gasteiger partial charge in [-0.15, -0.1) is 0 Å². The van der Waals surface area contributed by atoms with Crippen LogP contribution in [0.5, 0.6) is 5.75 Å². The average Bonchev–Trinajstić information content (AvgIpc) is 2.54. The lowest BCUT2D eigenvalue weighted by atomic mass is 10.1. The molecule has 5 nitrogen and oxygen atoms in total. The van der Waals surface area contributed by atoms with E-state index in [0.717, 1.165) is 11.3 Å². The number of hydrogen-bond donors (Lipinski definition) is 1. The van der Waals surface area contributed by atoms with Gasteiger partial charge in [-0.2, -0.15) is 0 Å². The SMILES string of the molecule is COc1ccc(CC(=O)N(C)c2ccccc2C(=O)O)cc1. The molecule has 2 aromatic carbocycles. The van der Waals surface area contributed by atoms with Gasteiger partial charge in [0.25, 0.3) is 0 Å². The van der Waals surface area contributed by atoms with Crippen molar-refractivity contribution in [3.8, 4) is 5.75 Å². The van der Waals surface area contributed by atoms with E-state index < -0.39 is 5.97 Å². The number of benzene rings is 2. The average molecular weight is 299 g/mol. The minimum absolute atomic E-state index is 0.105. The molecule has 0 heterocycles. The second-order valence-corrected chi connectivity index (χ2v) is 4.80. The summed E-state index contributed by atoms with van der Waals surface area (Å²) in [6, 6.07) is 13.6. The molecule has 0 aliphatic carbocycles. The monoisotopic (exact) mass is 299 g/mol. The van der Waals surface area contributed by atoms with Crippen LogP contribution in [0.15, 0.2) is 48.5 Å². The number of carboxylic acids is 1. The predicted molar refractivity (Wildman–Crippen MR) is 83.5 cm³/mol. The van der Waals surface area contributed by atoms with Gasteiger partial charge in [-0.05, 0) is 29.8 Å². The summed E-state index contributed by atoms with van der Waals surface area (Å²) in [7, 11) is 3.16. The molecule has 1 N–H and O–H groups in total. The van der Waals surface area contributed by atoms with Crippen molar-refractivity contribution in [1.82, 2.24) is 0 Å². The maximum absolute atomic E-state index is 12.3. The van der Waals surface area contributed by atoms with Gasteiger partial charge < -0.3 is 14.7 Å². The summed E-state index contributed by atoms with van der Waals surface area (Å²) in [5.74, 6) is -0.514. The third-order valence-electron chi connectivity index (χ3n) is 3.38. The second-order valence-electron chi connectivity index (χ2n) is 4.80. The zero-order chi connectivity index (χ0) is 16.1. The van der Waals surface area contributed by atoms with Crippen LogP contribution in [0.2, 0.25) is 0 Å². The van der Waals surface area contributed by atoms with Crippen LogP contribution in [-0.4, -0.2) is 31.1 Å². The molecule has 0 spiro atoms. The van der Waals surface area contributed by atoms with Gasteiger partial charge in [-0.1, -0.05) is 24.3 Å². The van der Waals surface area contributed by atoms with Crippen molar-refractivity contribution in [3.05, 3.63) is 59.7 Å². The van der Waals surface area contributed by atoms with E-state index in [2.05, 4.69) is 0 Å². The number of nitrogens with zero attached hydrogens (tertiary/aromatic N) is 1. The Balaban J connectivity index is 2.17. The molecule has 5 heteroatoms. The lowest BCUT2D eigenvalue weighted by molar-refractivity contribution is -0.117. The van der Waals surface area contributed by atoms with Crippen LogP contribution in [0.25, 0.3) is 0 Å². The number of carbonyl (C=O) groups is 2. The maximum Gasteiger partial charge on any atom is 0.337 e. The van der Waals surface area contributed by atoms with Gasteiger partial charge in [-0.25, -0.2) is 4.79 Å². The van der Waals surface area contributed by atoms with Crippen LogP contribution < -0.4 is 9.64 Å². The minimum Gasteiger partial charge on any atom is -0.497 e. The molecule has 2 rings (SSSR count). The minimum atomic E-state index is -1.06. The van der Waals surface area contributed by atoms with E-state index in [-0.39, 0.29) is 17.9 Å². The number of amides is 1. The van der Waals surface area contributed by atoms with Crippen molar-refractivity contribution in [1.29, 1.82) is 0 Å². The first kappa shape index (κ1) is 15.6.